The van der Waals surface area contributed by atoms with E-state index in [0.29, 0.717) is 23.7 Å². The van der Waals surface area contributed by atoms with Crippen LogP contribution in [0.25, 0.3) is 33.4 Å². The Balaban J connectivity index is 1.68. The van der Waals surface area contributed by atoms with E-state index in [2.05, 4.69) is 39.4 Å². The molecule has 6 nitrogen and oxygen atoms in total. The first-order chi connectivity index (χ1) is 17.3. The second-order valence-electron chi connectivity index (χ2n) is 9.69. The summed E-state index contributed by atoms with van der Waals surface area (Å²) in [5.41, 5.74) is 8.11. The number of pyridine rings is 1. The van der Waals surface area contributed by atoms with Crippen molar-refractivity contribution in [3.05, 3.63) is 71.4 Å². The number of anilines is 1. The highest BCUT2D eigenvalue weighted by atomic mass is 32.2. The zero-order chi connectivity index (χ0) is 25.4. The lowest BCUT2D eigenvalue weighted by atomic mass is 9.91. The van der Waals surface area contributed by atoms with Crippen molar-refractivity contribution in [2.75, 3.05) is 10.5 Å². The van der Waals surface area contributed by atoms with Crippen LogP contribution in [0.1, 0.15) is 55.3 Å². The Kier molecular flexibility index (Phi) is 6.31. The first-order valence-corrected chi connectivity index (χ1v) is 14.1. The van der Waals surface area contributed by atoms with E-state index >= 15 is 0 Å². The summed E-state index contributed by atoms with van der Waals surface area (Å²) in [5, 5.41) is 11.2. The third kappa shape index (κ3) is 4.38. The molecule has 1 fully saturated rings. The molecule has 1 N–H and O–H groups in total. The van der Waals surface area contributed by atoms with Gasteiger partial charge in [0, 0.05) is 34.4 Å². The van der Waals surface area contributed by atoms with E-state index in [0.717, 1.165) is 57.4 Å². The van der Waals surface area contributed by atoms with Gasteiger partial charge in [0.15, 0.2) is 0 Å². The van der Waals surface area contributed by atoms with E-state index < -0.39 is 10.0 Å². The maximum Gasteiger partial charge on any atom is 0.232 e. The largest absolute Gasteiger partial charge is 0.336 e. The molecule has 184 valence electrons. The molecule has 1 aliphatic carbocycles. The fourth-order valence-corrected chi connectivity index (χ4v) is 6.18. The van der Waals surface area contributed by atoms with Crippen molar-refractivity contribution in [1.82, 2.24) is 9.55 Å². The Hall–Kier alpha value is -3.63. The number of rotatable bonds is 7. The molecule has 0 saturated heterocycles. The smallest absolute Gasteiger partial charge is 0.232 e. The Morgan fingerprint density at radius 1 is 1.11 bits per heavy atom. The van der Waals surface area contributed by atoms with Crippen LogP contribution in [0.2, 0.25) is 0 Å². The fourth-order valence-electron chi connectivity index (χ4n) is 5.06. The summed E-state index contributed by atoms with van der Waals surface area (Å²) in [6.07, 6.45) is 5.69. The highest BCUT2D eigenvalue weighted by molar-refractivity contribution is 7.92. The fraction of sp³-hybridized carbons (Fsp3) is 0.310. The number of nitriles is 1. The van der Waals surface area contributed by atoms with Crippen molar-refractivity contribution >= 4 is 26.6 Å². The minimum atomic E-state index is -3.38. The summed E-state index contributed by atoms with van der Waals surface area (Å²) in [6, 6.07) is 18.7. The average molecular weight is 499 g/mol. The van der Waals surface area contributed by atoms with Gasteiger partial charge in [-0.05, 0) is 81.0 Å². The van der Waals surface area contributed by atoms with Gasteiger partial charge in [0.2, 0.25) is 10.0 Å². The second kappa shape index (κ2) is 9.44. The molecule has 0 unspecified atom stereocenters. The number of aromatic nitrogens is 2. The molecule has 1 saturated carbocycles. The van der Waals surface area contributed by atoms with Crippen molar-refractivity contribution < 1.29 is 8.42 Å². The number of hydrogen-bond acceptors (Lipinski definition) is 4. The van der Waals surface area contributed by atoms with Gasteiger partial charge < -0.3 is 4.57 Å². The lowest BCUT2D eigenvalue weighted by Gasteiger charge is -2.30. The van der Waals surface area contributed by atoms with Crippen LogP contribution in [0.15, 0.2) is 54.7 Å². The lowest BCUT2D eigenvalue weighted by molar-refractivity contribution is 0.324. The molecule has 2 aromatic heterocycles. The Bertz CT molecular complexity index is 1610. The number of hydrogen-bond donors (Lipinski definition) is 1. The Morgan fingerprint density at radius 2 is 1.92 bits per heavy atom. The van der Waals surface area contributed by atoms with Crippen molar-refractivity contribution in [2.45, 2.75) is 52.5 Å². The van der Waals surface area contributed by atoms with Gasteiger partial charge in [-0.15, -0.1) is 0 Å². The SMILES string of the molecule is CCCS(=O)(=O)Nc1ccc(-c2c(C#N)c3ccc(-c4cc(C)ccn4)cc3n2C2CCC2)c(C)c1. The summed E-state index contributed by atoms with van der Waals surface area (Å²) in [4.78, 5) is 4.57. The minimum absolute atomic E-state index is 0.0838. The normalized spacial score (nSPS) is 13.9. The van der Waals surface area contributed by atoms with Crippen LogP contribution in [-0.4, -0.2) is 23.7 Å². The maximum absolute atomic E-state index is 12.3. The van der Waals surface area contributed by atoms with E-state index in [-0.39, 0.29) is 5.75 Å². The van der Waals surface area contributed by atoms with Gasteiger partial charge >= 0.3 is 0 Å². The zero-order valence-electron chi connectivity index (χ0n) is 20.9. The molecular weight excluding hydrogens is 468 g/mol. The summed E-state index contributed by atoms with van der Waals surface area (Å²) >= 11 is 0. The number of nitrogens with zero attached hydrogens (tertiary/aromatic N) is 3. The van der Waals surface area contributed by atoms with Gasteiger partial charge in [-0.2, -0.15) is 5.26 Å². The molecule has 5 rings (SSSR count). The molecule has 36 heavy (non-hydrogen) atoms. The van der Waals surface area contributed by atoms with Gasteiger partial charge in [-0.25, -0.2) is 8.42 Å². The summed E-state index contributed by atoms with van der Waals surface area (Å²) in [7, 11) is -3.38. The topological polar surface area (TPSA) is 87.8 Å². The molecule has 0 aliphatic heterocycles. The van der Waals surface area contributed by atoms with Crippen molar-refractivity contribution in [3.63, 3.8) is 0 Å². The number of nitrogens with one attached hydrogen (secondary N) is 1. The third-order valence-electron chi connectivity index (χ3n) is 6.99. The van der Waals surface area contributed by atoms with Gasteiger partial charge in [0.25, 0.3) is 0 Å². The van der Waals surface area contributed by atoms with Crippen molar-refractivity contribution in [2.24, 2.45) is 0 Å². The van der Waals surface area contributed by atoms with Crippen molar-refractivity contribution in [1.29, 1.82) is 5.26 Å². The van der Waals surface area contributed by atoms with Gasteiger partial charge in [-0.1, -0.05) is 25.1 Å². The molecule has 2 aromatic carbocycles. The molecular formula is C29H30N4O2S. The van der Waals surface area contributed by atoms with E-state index in [9.17, 15) is 13.7 Å². The van der Waals surface area contributed by atoms with Crippen LogP contribution in [0.5, 0.6) is 0 Å². The zero-order valence-corrected chi connectivity index (χ0v) is 21.7. The third-order valence-corrected chi connectivity index (χ3v) is 8.49. The van der Waals surface area contributed by atoms with Crippen LogP contribution < -0.4 is 4.72 Å². The number of aryl methyl sites for hydroxylation is 2. The van der Waals surface area contributed by atoms with Gasteiger partial charge in [0.05, 0.1) is 28.2 Å². The van der Waals surface area contributed by atoms with Crippen LogP contribution >= 0.6 is 0 Å². The molecule has 0 radical (unpaired) electrons. The predicted molar refractivity (Wildman–Crippen MR) is 145 cm³/mol. The molecule has 7 heteroatoms. The molecule has 4 aromatic rings. The van der Waals surface area contributed by atoms with Gasteiger partial charge in [0.1, 0.15) is 6.07 Å². The van der Waals surface area contributed by atoms with Crippen LogP contribution in [0.3, 0.4) is 0 Å². The van der Waals surface area contributed by atoms with Crippen LogP contribution in [-0.2, 0) is 10.0 Å². The molecule has 0 bridgehead atoms. The minimum Gasteiger partial charge on any atom is -0.336 e. The summed E-state index contributed by atoms with van der Waals surface area (Å²) < 4.78 is 29.6. The van der Waals surface area contributed by atoms with E-state index in [4.69, 9.17) is 0 Å². The molecule has 1 aliphatic rings. The highest BCUT2D eigenvalue weighted by Crippen LogP contribution is 2.44. The maximum atomic E-state index is 12.3. The highest BCUT2D eigenvalue weighted by Gasteiger charge is 2.28. The van der Waals surface area contributed by atoms with Crippen LogP contribution in [0, 0.1) is 25.2 Å². The number of fused-ring (bicyclic) bond motifs is 1. The monoisotopic (exact) mass is 498 g/mol. The Morgan fingerprint density at radius 3 is 2.56 bits per heavy atom. The quantitative estimate of drug-likeness (QED) is 0.306. The predicted octanol–water partition coefficient (Wildman–Crippen LogP) is 6.74. The number of benzene rings is 2. The first-order valence-electron chi connectivity index (χ1n) is 12.4. The van der Waals surface area contributed by atoms with Gasteiger partial charge in [-0.3, -0.25) is 9.71 Å². The van der Waals surface area contributed by atoms with E-state index in [1.165, 1.54) is 6.42 Å². The molecule has 2 heterocycles. The lowest BCUT2D eigenvalue weighted by Crippen LogP contribution is -2.18. The second-order valence-corrected chi connectivity index (χ2v) is 11.5. The standard InChI is InChI=1S/C29H30N4O2S/c1-4-14-36(34,35)32-22-9-11-24(20(3)16-22)29-26(18-30)25-10-8-21(27-15-19(2)12-13-31-27)17-28(25)33(29)23-6-5-7-23/h8-13,15-17,23,32H,4-7,14H2,1-3H3. The average Bonchev–Trinajstić information content (AvgIpc) is 3.10. The van der Waals surface area contributed by atoms with E-state index in [1.54, 1.807) is 6.07 Å². The summed E-state index contributed by atoms with van der Waals surface area (Å²) in [6.45, 7) is 5.87. The molecule has 0 atom stereocenters. The first kappa shape index (κ1) is 24.1. The van der Waals surface area contributed by atoms with E-state index in [1.807, 2.05) is 50.4 Å². The molecule has 0 amide bonds. The Labute approximate surface area is 212 Å². The number of sulfonamides is 1. The van der Waals surface area contributed by atoms with Crippen LogP contribution in [0.4, 0.5) is 5.69 Å². The molecule has 0 spiro atoms. The summed E-state index contributed by atoms with van der Waals surface area (Å²) in [5.74, 6) is 0.0838. The van der Waals surface area contributed by atoms with Crippen molar-refractivity contribution in [3.8, 4) is 28.6 Å².